The van der Waals surface area contributed by atoms with Crippen LogP contribution in [0.1, 0.15) is 106 Å². The van der Waals surface area contributed by atoms with Crippen molar-refractivity contribution >= 4 is 0 Å². The summed E-state index contributed by atoms with van der Waals surface area (Å²) in [5.41, 5.74) is 0.259. The van der Waals surface area contributed by atoms with Crippen molar-refractivity contribution in [2.24, 2.45) is 46.3 Å². The first kappa shape index (κ1) is 24.7. The molecule has 3 saturated carbocycles. The second kappa shape index (κ2) is 8.68. The average molecular weight is 447 g/mol. The zero-order valence-corrected chi connectivity index (χ0v) is 21.6. The van der Waals surface area contributed by atoms with Gasteiger partial charge in [-0.1, -0.05) is 66.0 Å². The Hall–Kier alpha value is -0.380. The van der Waals surface area contributed by atoms with Crippen molar-refractivity contribution in [3.63, 3.8) is 0 Å². The molecule has 4 rings (SSSR count). The summed E-state index contributed by atoms with van der Waals surface area (Å²) in [6, 6.07) is 0. The molecule has 0 spiro atoms. The van der Waals surface area contributed by atoms with Crippen LogP contribution in [0.15, 0.2) is 11.6 Å². The van der Waals surface area contributed by atoms with Crippen molar-refractivity contribution < 1.29 is 15.3 Å². The standard InChI is InChI=1S/C29H50O3/c1-7-20(18(2)3)9-8-19(4)23-10-11-24-22-16-26(31)29(32)17-21(30)12-15-28(29,6)25(22)13-14-27(23,24)5/h16,18-21,23-26,30-32H,7-15,17H2,1-6H3/t19-,20-,21?,23-,24+,25+,26?,27-,28-,29?/m1/s1. The molecule has 10 atom stereocenters. The minimum absolute atomic E-state index is 0.307. The second-order valence-corrected chi connectivity index (χ2v) is 13.2. The largest absolute Gasteiger partial charge is 0.393 e. The van der Waals surface area contributed by atoms with E-state index in [0.29, 0.717) is 23.7 Å². The van der Waals surface area contributed by atoms with E-state index in [-0.39, 0.29) is 5.41 Å². The molecule has 32 heavy (non-hydrogen) atoms. The van der Waals surface area contributed by atoms with Crippen LogP contribution in [-0.4, -0.2) is 33.1 Å². The molecule has 0 aromatic heterocycles. The van der Waals surface area contributed by atoms with Gasteiger partial charge in [0.2, 0.25) is 0 Å². The molecule has 0 aliphatic heterocycles. The lowest BCUT2D eigenvalue weighted by Crippen LogP contribution is -2.65. The molecular formula is C29H50O3. The highest BCUT2D eigenvalue weighted by Gasteiger charge is 2.64. The van der Waals surface area contributed by atoms with Crippen LogP contribution in [0.25, 0.3) is 0 Å². The molecule has 4 aliphatic rings. The molecule has 0 heterocycles. The Morgan fingerprint density at radius 2 is 1.69 bits per heavy atom. The molecule has 3 N–H and O–H groups in total. The highest BCUT2D eigenvalue weighted by molar-refractivity contribution is 5.33. The van der Waals surface area contributed by atoms with E-state index in [9.17, 15) is 15.3 Å². The predicted octanol–water partition coefficient (Wildman–Crippen LogP) is 6.11. The molecule has 0 aromatic carbocycles. The van der Waals surface area contributed by atoms with Crippen LogP contribution in [0.2, 0.25) is 0 Å². The molecule has 0 saturated heterocycles. The third kappa shape index (κ3) is 3.64. The molecule has 3 heteroatoms. The van der Waals surface area contributed by atoms with Gasteiger partial charge in [-0.3, -0.25) is 0 Å². The Kier molecular flexibility index (Phi) is 6.71. The van der Waals surface area contributed by atoms with Gasteiger partial charge in [-0.15, -0.1) is 0 Å². The van der Waals surface area contributed by atoms with E-state index < -0.39 is 17.8 Å². The van der Waals surface area contributed by atoms with Crippen LogP contribution in [-0.2, 0) is 0 Å². The molecular weight excluding hydrogens is 396 g/mol. The first-order valence-electron chi connectivity index (χ1n) is 13.8. The molecule has 0 aromatic rings. The van der Waals surface area contributed by atoms with Gasteiger partial charge >= 0.3 is 0 Å². The lowest BCUT2D eigenvalue weighted by Gasteiger charge is -2.62. The Morgan fingerprint density at radius 3 is 2.34 bits per heavy atom. The number of aliphatic hydroxyl groups excluding tert-OH is 2. The van der Waals surface area contributed by atoms with Crippen molar-refractivity contribution in [2.45, 2.75) is 124 Å². The summed E-state index contributed by atoms with van der Waals surface area (Å²) >= 11 is 0. The number of hydrogen-bond acceptors (Lipinski definition) is 3. The van der Waals surface area contributed by atoms with E-state index in [1.54, 1.807) is 0 Å². The summed E-state index contributed by atoms with van der Waals surface area (Å²) in [6.07, 6.45) is 11.4. The SMILES string of the molecule is CC[C@H](CC[C@@H](C)[C@H]1CC[C@H]2C3=CC(O)C4(O)CC(O)CC[C@]4(C)[C@H]3CC[C@]12C)C(C)C. The maximum absolute atomic E-state index is 11.6. The Labute approximate surface area is 197 Å². The summed E-state index contributed by atoms with van der Waals surface area (Å²) < 4.78 is 0. The van der Waals surface area contributed by atoms with Crippen LogP contribution >= 0.6 is 0 Å². The summed E-state index contributed by atoms with van der Waals surface area (Å²) in [6.45, 7) is 14.3. The van der Waals surface area contributed by atoms with Gasteiger partial charge < -0.3 is 15.3 Å². The van der Waals surface area contributed by atoms with Crippen molar-refractivity contribution in [1.82, 2.24) is 0 Å². The third-order valence-corrected chi connectivity index (χ3v) is 11.5. The van der Waals surface area contributed by atoms with Crippen LogP contribution < -0.4 is 0 Å². The smallest absolute Gasteiger partial charge is 0.102 e. The zero-order valence-electron chi connectivity index (χ0n) is 21.6. The molecule has 3 fully saturated rings. The van der Waals surface area contributed by atoms with Gasteiger partial charge in [-0.2, -0.15) is 0 Å². The fraction of sp³-hybridized carbons (Fsp3) is 0.931. The summed E-state index contributed by atoms with van der Waals surface area (Å²) in [5.74, 6) is 4.02. The molecule has 0 radical (unpaired) electrons. The summed E-state index contributed by atoms with van der Waals surface area (Å²) in [7, 11) is 0. The van der Waals surface area contributed by atoms with E-state index in [0.717, 1.165) is 42.9 Å². The monoisotopic (exact) mass is 446 g/mol. The van der Waals surface area contributed by atoms with Crippen molar-refractivity contribution in [2.75, 3.05) is 0 Å². The van der Waals surface area contributed by atoms with E-state index in [2.05, 4.69) is 41.5 Å². The van der Waals surface area contributed by atoms with Crippen LogP contribution in [0.3, 0.4) is 0 Å². The normalized spacial score (nSPS) is 47.9. The van der Waals surface area contributed by atoms with Crippen LogP contribution in [0.4, 0.5) is 0 Å². The molecule has 3 nitrogen and oxygen atoms in total. The molecule has 0 amide bonds. The predicted molar refractivity (Wildman–Crippen MR) is 131 cm³/mol. The van der Waals surface area contributed by atoms with Crippen molar-refractivity contribution in [3.05, 3.63) is 11.6 Å². The fourth-order valence-corrected chi connectivity index (χ4v) is 9.21. The van der Waals surface area contributed by atoms with Gasteiger partial charge in [0.15, 0.2) is 0 Å². The van der Waals surface area contributed by atoms with Gasteiger partial charge in [0.1, 0.15) is 11.7 Å². The van der Waals surface area contributed by atoms with E-state index in [1.165, 1.54) is 44.1 Å². The number of allylic oxidation sites excluding steroid dienone is 1. The van der Waals surface area contributed by atoms with Gasteiger partial charge in [-0.25, -0.2) is 0 Å². The van der Waals surface area contributed by atoms with Gasteiger partial charge in [0.05, 0.1) is 6.10 Å². The fourth-order valence-electron chi connectivity index (χ4n) is 9.21. The molecule has 3 unspecified atom stereocenters. The average Bonchev–Trinajstić information content (AvgIpc) is 3.08. The number of aliphatic hydroxyl groups is 3. The highest BCUT2D eigenvalue weighted by Crippen LogP contribution is 2.67. The Bertz CT molecular complexity index is 715. The number of hydrogen-bond donors (Lipinski definition) is 3. The number of rotatable bonds is 6. The van der Waals surface area contributed by atoms with E-state index in [4.69, 9.17) is 0 Å². The quantitative estimate of drug-likeness (QED) is 0.431. The minimum Gasteiger partial charge on any atom is -0.393 e. The molecule has 0 bridgehead atoms. The van der Waals surface area contributed by atoms with Crippen molar-refractivity contribution in [1.29, 1.82) is 0 Å². The first-order chi connectivity index (χ1) is 15.0. The van der Waals surface area contributed by atoms with Gasteiger partial charge in [0, 0.05) is 11.8 Å². The summed E-state index contributed by atoms with van der Waals surface area (Å²) in [4.78, 5) is 0. The lowest BCUT2D eigenvalue weighted by molar-refractivity contribution is -0.210. The van der Waals surface area contributed by atoms with Crippen LogP contribution in [0, 0.1) is 46.3 Å². The molecule has 4 aliphatic carbocycles. The van der Waals surface area contributed by atoms with Crippen molar-refractivity contribution in [3.8, 4) is 0 Å². The van der Waals surface area contributed by atoms with E-state index in [1.807, 2.05) is 6.08 Å². The van der Waals surface area contributed by atoms with Crippen LogP contribution in [0.5, 0.6) is 0 Å². The first-order valence-corrected chi connectivity index (χ1v) is 13.8. The Morgan fingerprint density at radius 1 is 0.969 bits per heavy atom. The maximum atomic E-state index is 11.6. The highest BCUT2D eigenvalue weighted by atomic mass is 16.3. The molecule has 184 valence electrons. The van der Waals surface area contributed by atoms with E-state index >= 15 is 0 Å². The van der Waals surface area contributed by atoms with Gasteiger partial charge in [-0.05, 0) is 85.9 Å². The Balaban J connectivity index is 1.56. The summed E-state index contributed by atoms with van der Waals surface area (Å²) in [5, 5.41) is 33.0. The minimum atomic E-state index is -1.19. The zero-order chi connectivity index (χ0) is 23.5. The number of fused-ring (bicyclic) bond motifs is 5. The second-order valence-electron chi connectivity index (χ2n) is 13.2. The lowest BCUT2D eigenvalue weighted by atomic mass is 9.45. The maximum Gasteiger partial charge on any atom is 0.102 e. The topological polar surface area (TPSA) is 60.7 Å². The third-order valence-electron chi connectivity index (χ3n) is 11.5. The van der Waals surface area contributed by atoms with Gasteiger partial charge in [0.25, 0.3) is 0 Å².